The first-order valence-electron chi connectivity index (χ1n) is 12.3. The summed E-state index contributed by atoms with van der Waals surface area (Å²) in [4.78, 5) is 22.0. The topological polar surface area (TPSA) is 67.2 Å². The second kappa shape index (κ2) is 11.5. The molecule has 7 nitrogen and oxygen atoms in total. The fourth-order valence-corrected chi connectivity index (χ4v) is 5.36. The summed E-state index contributed by atoms with van der Waals surface area (Å²) in [5.41, 5.74) is 3.36. The van der Waals surface area contributed by atoms with Gasteiger partial charge in [-0.1, -0.05) is 72.4 Å². The number of amides is 1. The van der Waals surface area contributed by atoms with E-state index in [0.29, 0.717) is 6.54 Å². The Morgan fingerprint density at radius 1 is 0.861 bits per heavy atom. The van der Waals surface area contributed by atoms with Gasteiger partial charge in [-0.15, -0.1) is 10.2 Å². The molecular formula is C28H30N6OS. The molecule has 36 heavy (non-hydrogen) atoms. The second-order valence-electron chi connectivity index (χ2n) is 8.97. The molecule has 184 valence electrons. The zero-order valence-electron chi connectivity index (χ0n) is 20.4. The maximum Gasteiger partial charge on any atom is 0.235 e. The predicted octanol–water partition coefficient (Wildman–Crippen LogP) is 4.21. The van der Waals surface area contributed by atoms with Crippen molar-refractivity contribution < 1.29 is 4.79 Å². The summed E-state index contributed by atoms with van der Waals surface area (Å²) in [6.07, 6.45) is 3.54. The van der Waals surface area contributed by atoms with Gasteiger partial charge >= 0.3 is 0 Å². The van der Waals surface area contributed by atoms with Crippen LogP contribution in [0, 0.1) is 0 Å². The zero-order chi connectivity index (χ0) is 24.7. The van der Waals surface area contributed by atoms with E-state index >= 15 is 0 Å². The van der Waals surface area contributed by atoms with E-state index in [-0.39, 0.29) is 11.2 Å². The van der Waals surface area contributed by atoms with Crippen LogP contribution in [0.4, 0.5) is 0 Å². The van der Waals surface area contributed by atoms with Crippen molar-refractivity contribution in [1.82, 2.24) is 29.5 Å². The highest BCUT2D eigenvalue weighted by molar-refractivity contribution is 8.00. The monoisotopic (exact) mass is 498 g/mol. The number of hydrogen-bond acceptors (Lipinski definition) is 6. The van der Waals surface area contributed by atoms with Gasteiger partial charge < -0.3 is 4.90 Å². The summed E-state index contributed by atoms with van der Waals surface area (Å²) in [5.74, 6) is 0.903. The quantitative estimate of drug-likeness (QED) is 0.339. The first-order chi connectivity index (χ1) is 17.7. The number of aromatic nitrogens is 4. The third-order valence-electron chi connectivity index (χ3n) is 6.38. The van der Waals surface area contributed by atoms with Gasteiger partial charge in [0.2, 0.25) is 5.91 Å². The number of piperazine rings is 1. The molecule has 0 spiro atoms. The van der Waals surface area contributed by atoms with Crippen molar-refractivity contribution in [1.29, 1.82) is 0 Å². The van der Waals surface area contributed by atoms with Gasteiger partial charge in [-0.25, -0.2) is 0 Å². The number of rotatable bonds is 8. The van der Waals surface area contributed by atoms with Crippen LogP contribution >= 0.6 is 11.8 Å². The summed E-state index contributed by atoms with van der Waals surface area (Å²) in [7, 11) is 0. The maximum absolute atomic E-state index is 13.3. The molecule has 3 heterocycles. The Morgan fingerprint density at radius 3 is 2.17 bits per heavy atom. The fourth-order valence-electron chi connectivity index (χ4n) is 4.43. The van der Waals surface area contributed by atoms with Crippen LogP contribution in [-0.2, 0) is 17.9 Å². The van der Waals surface area contributed by atoms with Crippen LogP contribution in [0.1, 0.15) is 18.1 Å². The van der Waals surface area contributed by atoms with Crippen LogP contribution in [-0.4, -0.2) is 66.9 Å². The van der Waals surface area contributed by atoms with E-state index in [9.17, 15) is 4.79 Å². The lowest BCUT2D eigenvalue weighted by atomic mass is 10.2. The van der Waals surface area contributed by atoms with Crippen molar-refractivity contribution in [3.63, 3.8) is 0 Å². The van der Waals surface area contributed by atoms with E-state index in [1.54, 1.807) is 12.4 Å². The summed E-state index contributed by atoms with van der Waals surface area (Å²) in [5, 5.41) is 9.44. The minimum Gasteiger partial charge on any atom is -0.339 e. The SMILES string of the molecule is CC(Sc1nnc(-c2cccnc2)n1Cc1ccccc1)C(=O)N1CCN(Cc2ccccc2)CC1. The summed E-state index contributed by atoms with van der Waals surface area (Å²) in [6, 6.07) is 24.6. The van der Waals surface area contributed by atoms with E-state index in [1.165, 1.54) is 17.3 Å². The van der Waals surface area contributed by atoms with Gasteiger partial charge in [-0.05, 0) is 30.2 Å². The van der Waals surface area contributed by atoms with Gasteiger partial charge in [0.05, 0.1) is 11.8 Å². The van der Waals surface area contributed by atoms with Gasteiger partial charge in [-0.2, -0.15) is 0 Å². The summed E-state index contributed by atoms with van der Waals surface area (Å²) >= 11 is 1.47. The Balaban J connectivity index is 1.26. The number of carbonyl (C=O) groups excluding carboxylic acids is 1. The lowest BCUT2D eigenvalue weighted by Crippen LogP contribution is -2.50. The Kier molecular flexibility index (Phi) is 7.73. The Labute approximate surface area is 216 Å². The largest absolute Gasteiger partial charge is 0.339 e. The highest BCUT2D eigenvalue weighted by Crippen LogP contribution is 2.28. The molecule has 0 aliphatic carbocycles. The van der Waals surface area contributed by atoms with Crippen molar-refractivity contribution in [2.24, 2.45) is 0 Å². The molecule has 2 aromatic heterocycles. The van der Waals surface area contributed by atoms with E-state index in [2.05, 4.69) is 61.0 Å². The molecule has 1 fully saturated rings. The molecule has 4 aromatic rings. The minimum absolute atomic E-state index is 0.150. The average Bonchev–Trinajstić information content (AvgIpc) is 3.32. The predicted molar refractivity (Wildman–Crippen MR) is 142 cm³/mol. The maximum atomic E-state index is 13.3. The summed E-state index contributed by atoms with van der Waals surface area (Å²) < 4.78 is 2.08. The molecule has 0 saturated carbocycles. The number of hydrogen-bond donors (Lipinski definition) is 0. The van der Waals surface area contributed by atoms with E-state index in [1.807, 2.05) is 48.2 Å². The van der Waals surface area contributed by atoms with Crippen molar-refractivity contribution in [3.8, 4) is 11.4 Å². The van der Waals surface area contributed by atoms with Crippen molar-refractivity contribution in [3.05, 3.63) is 96.3 Å². The lowest BCUT2D eigenvalue weighted by Gasteiger charge is -2.35. The number of thioether (sulfide) groups is 1. The van der Waals surface area contributed by atoms with E-state index in [4.69, 9.17) is 0 Å². The highest BCUT2D eigenvalue weighted by atomic mass is 32.2. The normalized spacial score (nSPS) is 15.1. The number of benzene rings is 2. The highest BCUT2D eigenvalue weighted by Gasteiger charge is 2.27. The average molecular weight is 499 g/mol. The van der Waals surface area contributed by atoms with Crippen molar-refractivity contribution >= 4 is 17.7 Å². The van der Waals surface area contributed by atoms with Crippen LogP contribution in [0.2, 0.25) is 0 Å². The Morgan fingerprint density at radius 2 is 1.53 bits per heavy atom. The molecule has 1 unspecified atom stereocenters. The van der Waals surface area contributed by atoms with Crippen molar-refractivity contribution in [2.75, 3.05) is 26.2 Å². The van der Waals surface area contributed by atoms with E-state index in [0.717, 1.165) is 54.8 Å². The van der Waals surface area contributed by atoms with Crippen LogP contribution < -0.4 is 0 Å². The third-order valence-corrected chi connectivity index (χ3v) is 7.45. The smallest absolute Gasteiger partial charge is 0.235 e. The molecule has 0 N–H and O–H groups in total. The lowest BCUT2D eigenvalue weighted by molar-refractivity contribution is -0.132. The molecule has 5 rings (SSSR count). The first kappa shape index (κ1) is 24.2. The van der Waals surface area contributed by atoms with Crippen LogP contribution in [0.15, 0.2) is 90.3 Å². The number of nitrogens with zero attached hydrogens (tertiary/aromatic N) is 6. The van der Waals surface area contributed by atoms with Crippen LogP contribution in [0.5, 0.6) is 0 Å². The zero-order valence-corrected chi connectivity index (χ0v) is 21.2. The second-order valence-corrected chi connectivity index (χ2v) is 10.3. The van der Waals surface area contributed by atoms with Gasteiger partial charge in [-0.3, -0.25) is 19.2 Å². The van der Waals surface area contributed by atoms with Gasteiger partial charge in [0.1, 0.15) is 0 Å². The molecule has 1 aliphatic rings. The molecular weight excluding hydrogens is 468 g/mol. The van der Waals surface area contributed by atoms with Gasteiger partial charge in [0, 0.05) is 50.7 Å². The Hall–Kier alpha value is -3.49. The third kappa shape index (κ3) is 5.83. The van der Waals surface area contributed by atoms with Gasteiger partial charge in [0.15, 0.2) is 11.0 Å². The van der Waals surface area contributed by atoms with Crippen molar-refractivity contribution in [2.45, 2.75) is 30.4 Å². The minimum atomic E-state index is -0.258. The fraction of sp³-hybridized carbons (Fsp3) is 0.286. The molecule has 2 aromatic carbocycles. The molecule has 1 aliphatic heterocycles. The van der Waals surface area contributed by atoms with Gasteiger partial charge in [0.25, 0.3) is 0 Å². The molecule has 1 saturated heterocycles. The Bertz CT molecular complexity index is 1260. The van der Waals surface area contributed by atoms with E-state index < -0.39 is 0 Å². The molecule has 1 atom stereocenters. The van der Waals surface area contributed by atoms with Crippen LogP contribution in [0.25, 0.3) is 11.4 Å². The molecule has 0 radical (unpaired) electrons. The first-order valence-corrected chi connectivity index (χ1v) is 13.1. The number of carbonyl (C=O) groups is 1. The summed E-state index contributed by atoms with van der Waals surface area (Å²) in [6.45, 7) is 6.77. The molecule has 8 heteroatoms. The molecule has 0 bridgehead atoms. The molecule has 1 amide bonds. The number of pyridine rings is 1. The standard InChI is InChI=1S/C28H30N6OS/c1-22(27(35)33-17-15-32(16-18-33)20-23-9-4-2-5-10-23)36-28-31-30-26(25-13-8-14-29-19-25)34(28)21-24-11-6-3-7-12-24/h2-14,19,22H,15-18,20-21H2,1H3. The van der Waals surface area contributed by atoms with Crippen LogP contribution in [0.3, 0.4) is 0 Å².